The van der Waals surface area contributed by atoms with Gasteiger partial charge in [0.25, 0.3) is 0 Å². The normalized spacial score (nSPS) is 26.7. The van der Waals surface area contributed by atoms with E-state index in [-0.39, 0.29) is 29.9 Å². The first kappa shape index (κ1) is 12.1. The minimum Gasteiger partial charge on any atom is -0.300 e. The van der Waals surface area contributed by atoms with E-state index in [0.29, 0.717) is 19.4 Å². The van der Waals surface area contributed by atoms with Crippen LogP contribution in [0, 0.1) is 11.8 Å². The second-order valence-electron chi connectivity index (χ2n) is 5.24. The van der Waals surface area contributed by atoms with E-state index in [1.165, 1.54) is 4.90 Å². The molecule has 0 aromatic heterocycles. The predicted molar refractivity (Wildman–Crippen MR) is 67.8 cm³/mol. The highest BCUT2D eigenvalue weighted by Crippen LogP contribution is 2.37. The predicted octanol–water partition coefficient (Wildman–Crippen LogP) is 1.54. The van der Waals surface area contributed by atoms with Gasteiger partial charge in [-0.3, -0.25) is 19.3 Å². The Balaban J connectivity index is 1.81. The number of benzene rings is 1. The Labute approximate surface area is 111 Å². The summed E-state index contributed by atoms with van der Waals surface area (Å²) in [4.78, 5) is 37.3. The van der Waals surface area contributed by atoms with E-state index in [1.54, 1.807) is 0 Å². The van der Waals surface area contributed by atoms with Crippen molar-refractivity contribution in [2.75, 3.05) is 0 Å². The van der Waals surface area contributed by atoms with Crippen molar-refractivity contribution in [3.05, 3.63) is 35.9 Å². The molecule has 1 aliphatic heterocycles. The molecule has 0 radical (unpaired) electrons. The zero-order valence-corrected chi connectivity index (χ0v) is 10.5. The second kappa shape index (κ2) is 4.61. The number of likely N-dealkylation sites (tertiary alicyclic amines) is 1. The largest absolute Gasteiger partial charge is 0.300 e. The summed E-state index contributed by atoms with van der Waals surface area (Å²) in [5, 5.41) is 0. The van der Waals surface area contributed by atoms with Gasteiger partial charge in [-0.25, -0.2) is 0 Å². The number of amides is 2. The van der Waals surface area contributed by atoms with Gasteiger partial charge >= 0.3 is 0 Å². The Morgan fingerprint density at radius 2 is 1.68 bits per heavy atom. The first-order chi connectivity index (χ1) is 9.16. The molecule has 0 bridgehead atoms. The van der Waals surface area contributed by atoms with Crippen LogP contribution in [0.2, 0.25) is 0 Å². The van der Waals surface area contributed by atoms with Gasteiger partial charge in [-0.1, -0.05) is 30.3 Å². The molecule has 0 unspecified atom stereocenters. The molecule has 1 saturated heterocycles. The third-order valence-corrected chi connectivity index (χ3v) is 4.02. The van der Waals surface area contributed by atoms with E-state index in [0.717, 1.165) is 5.56 Å². The van der Waals surface area contributed by atoms with Crippen LogP contribution in [-0.4, -0.2) is 22.5 Å². The fraction of sp³-hybridized carbons (Fsp3) is 0.400. The molecule has 3 rings (SSSR count). The zero-order chi connectivity index (χ0) is 13.4. The summed E-state index contributed by atoms with van der Waals surface area (Å²) in [6.07, 6.45) is 1.19. The van der Waals surface area contributed by atoms with Crippen LogP contribution in [0.4, 0.5) is 0 Å². The molecule has 4 nitrogen and oxygen atoms in total. The van der Waals surface area contributed by atoms with Crippen LogP contribution in [0.1, 0.15) is 24.8 Å². The van der Waals surface area contributed by atoms with Crippen molar-refractivity contribution >= 4 is 17.6 Å². The van der Waals surface area contributed by atoms with Gasteiger partial charge < -0.3 is 0 Å². The van der Waals surface area contributed by atoms with Crippen molar-refractivity contribution in [2.45, 2.75) is 25.8 Å². The van der Waals surface area contributed by atoms with Gasteiger partial charge in [0, 0.05) is 12.8 Å². The number of hydrogen-bond acceptors (Lipinski definition) is 3. The van der Waals surface area contributed by atoms with Crippen molar-refractivity contribution in [1.29, 1.82) is 0 Å². The lowest BCUT2D eigenvalue weighted by atomic mass is 9.80. The van der Waals surface area contributed by atoms with E-state index in [1.807, 2.05) is 30.3 Å². The van der Waals surface area contributed by atoms with Crippen LogP contribution in [0.15, 0.2) is 30.3 Å². The average Bonchev–Trinajstić information content (AvgIpc) is 2.65. The van der Waals surface area contributed by atoms with Crippen LogP contribution in [0.5, 0.6) is 0 Å². The van der Waals surface area contributed by atoms with Gasteiger partial charge in [-0.2, -0.15) is 0 Å². The first-order valence-corrected chi connectivity index (χ1v) is 6.57. The quantitative estimate of drug-likeness (QED) is 0.755. The van der Waals surface area contributed by atoms with E-state index in [9.17, 15) is 14.4 Å². The molecule has 2 fully saturated rings. The molecule has 1 aliphatic carbocycles. The SMILES string of the molecule is O=C1CC[C@H]2C(=O)N(Cc3ccccc3)C(=O)[C@@H]2C1. The van der Waals surface area contributed by atoms with Crippen molar-refractivity contribution in [2.24, 2.45) is 11.8 Å². The third-order valence-electron chi connectivity index (χ3n) is 4.02. The highest BCUT2D eigenvalue weighted by atomic mass is 16.2. The van der Waals surface area contributed by atoms with Crippen molar-refractivity contribution in [3.63, 3.8) is 0 Å². The highest BCUT2D eigenvalue weighted by Gasteiger charge is 2.49. The van der Waals surface area contributed by atoms with Gasteiger partial charge in [-0.15, -0.1) is 0 Å². The summed E-state index contributed by atoms with van der Waals surface area (Å²) in [5.74, 6) is -0.853. The minimum absolute atomic E-state index is 0.101. The third kappa shape index (κ3) is 2.07. The molecule has 1 saturated carbocycles. The smallest absolute Gasteiger partial charge is 0.233 e. The van der Waals surface area contributed by atoms with E-state index in [2.05, 4.69) is 0 Å². The maximum absolute atomic E-state index is 12.3. The van der Waals surface area contributed by atoms with Gasteiger partial charge in [0.2, 0.25) is 11.8 Å². The van der Waals surface area contributed by atoms with Crippen molar-refractivity contribution < 1.29 is 14.4 Å². The number of rotatable bonds is 2. The van der Waals surface area contributed by atoms with Crippen molar-refractivity contribution in [3.8, 4) is 0 Å². The fourth-order valence-corrected chi connectivity index (χ4v) is 2.99. The van der Waals surface area contributed by atoms with E-state index < -0.39 is 5.92 Å². The average molecular weight is 257 g/mol. The van der Waals surface area contributed by atoms with Gasteiger partial charge in [-0.05, 0) is 12.0 Å². The molecule has 98 valence electrons. The Kier molecular flexibility index (Phi) is 2.93. The van der Waals surface area contributed by atoms with Gasteiger partial charge in [0.15, 0.2) is 0 Å². The van der Waals surface area contributed by atoms with Crippen LogP contribution in [0.25, 0.3) is 0 Å². The topological polar surface area (TPSA) is 54.5 Å². The lowest BCUT2D eigenvalue weighted by Gasteiger charge is -2.18. The lowest BCUT2D eigenvalue weighted by molar-refractivity contribution is -0.140. The van der Waals surface area contributed by atoms with Crippen LogP contribution in [0.3, 0.4) is 0 Å². The minimum atomic E-state index is -0.405. The van der Waals surface area contributed by atoms with E-state index in [4.69, 9.17) is 0 Å². The zero-order valence-electron chi connectivity index (χ0n) is 10.5. The molecule has 1 heterocycles. The van der Waals surface area contributed by atoms with Crippen LogP contribution in [-0.2, 0) is 20.9 Å². The first-order valence-electron chi connectivity index (χ1n) is 6.57. The summed E-state index contributed by atoms with van der Waals surface area (Å²) in [7, 11) is 0. The van der Waals surface area contributed by atoms with Gasteiger partial charge in [0.05, 0.1) is 18.4 Å². The summed E-state index contributed by atoms with van der Waals surface area (Å²) >= 11 is 0. The van der Waals surface area contributed by atoms with Crippen LogP contribution >= 0.6 is 0 Å². The number of carbonyl (C=O) groups is 3. The van der Waals surface area contributed by atoms with E-state index >= 15 is 0 Å². The van der Waals surface area contributed by atoms with Gasteiger partial charge in [0.1, 0.15) is 5.78 Å². The maximum atomic E-state index is 12.3. The molecule has 2 aliphatic rings. The molecule has 0 N–H and O–H groups in total. The molecule has 0 spiro atoms. The lowest BCUT2D eigenvalue weighted by Crippen LogP contribution is -2.30. The molecule has 1 aromatic carbocycles. The number of imide groups is 1. The van der Waals surface area contributed by atoms with Crippen molar-refractivity contribution in [1.82, 2.24) is 4.90 Å². The Hall–Kier alpha value is -1.97. The Morgan fingerprint density at radius 1 is 1.00 bits per heavy atom. The molecular formula is C15H15NO3. The molecule has 1 aromatic rings. The molecule has 2 amide bonds. The number of nitrogens with zero attached hydrogens (tertiary/aromatic N) is 1. The van der Waals surface area contributed by atoms with Crippen LogP contribution < -0.4 is 0 Å². The summed E-state index contributed by atoms with van der Waals surface area (Å²) in [6.45, 7) is 0.319. The standard InChI is InChI=1S/C15H15NO3/c17-11-6-7-12-13(8-11)15(19)16(14(12)18)9-10-4-2-1-3-5-10/h1-5,12-13H,6-9H2/t12-,13-/m1/s1. The maximum Gasteiger partial charge on any atom is 0.233 e. The highest BCUT2D eigenvalue weighted by molar-refractivity contribution is 6.07. The number of ketones is 1. The summed E-state index contributed by atoms with van der Waals surface area (Å²) in [6, 6.07) is 9.46. The Morgan fingerprint density at radius 3 is 2.42 bits per heavy atom. The number of fused-ring (bicyclic) bond motifs is 1. The Bertz CT molecular complexity index is 538. The second-order valence-corrected chi connectivity index (χ2v) is 5.24. The molecule has 2 atom stereocenters. The number of carbonyl (C=O) groups excluding carboxylic acids is 3. The summed E-state index contributed by atoms with van der Waals surface area (Å²) in [5.41, 5.74) is 0.939. The monoisotopic (exact) mass is 257 g/mol. The molecular weight excluding hydrogens is 242 g/mol. The number of hydrogen-bond donors (Lipinski definition) is 0. The number of Topliss-reactive ketones (excluding diaryl/α,β-unsaturated/α-hetero) is 1. The molecule has 19 heavy (non-hydrogen) atoms. The molecule has 4 heteroatoms. The summed E-state index contributed by atoms with van der Waals surface area (Å²) < 4.78 is 0. The fourth-order valence-electron chi connectivity index (χ4n) is 2.99.